The minimum Gasteiger partial charge on any atom is -0.456 e. The number of nitrogens with zero attached hydrogens (tertiary/aromatic N) is 2. The highest BCUT2D eigenvalue weighted by Crippen LogP contribution is 2.56. The Labute approximate surface area is 387 Å². The zero-order valence-electron chi connectivity index (χ0n) is 39.7. The van der Waals surface area contributed by atoms with Crippen molar-refractivity contribution in [2.75, 3.05) is 4.81 Å². The Kier molecular flexibility index (Phi) is 7.09. The number of anilines is 2. The average Bonchev–Trinajstić information content (AvgIpc) is 3.96. The predicted molar refractivity (Wildman–Crippen MR) is 280 cm³/mol. The summed E-state index contributed by atoms with van der Waals surface area (Å²) < 4.78 is 9.26. The van der Waals surface area contributed by atoms with Crippen molar-refractivity contribution in [1.29, 1.82) is 0 Å². The van der Waals surface area contributed by atoms with Gasteiger partial charge in [-0.05, 0) is 131 Å². The second kappa shape index (κ2) is 12.2. The quantitative estimate of drug-likeness (QED) is 0.153. The van der Waals surface area contributed by atoms with Gasteiger partial charge in [0.2, 0.25) is 0 Å². The van der Waals surface area contributed by atoms with Crippen LogP contribution in [0.3, 0.4) is 0 Å². The normalized spacial score (nSPS) is 15.9. The number of aromatic nitrogens is 1. The molecule has 0 saturated carbocycles. The summed E-state index contributed by atoms with van der Waals surface area (Å²) in [6, 6.07) is 54.3. The Hall–Kier alpha value is -6.78. The largest absolute Gasteiger partial charge is 0.456 e. The van der Waals surface area contributed by atoms with Crippen molar-refractivity contribution in [1.82, 2.24) is 4.57 Å². The molecule has 0 spiro atoms. The van der Waals surface area contributed by atoms with E-state index in [-0.39, 0.29) is 28.5 Å². The number of benzene rings is 8. The maximum atomic E-state index is 6.62. The van der Waals surface area contributed by atoms with E-state index in [0.29, 0.717) is 0 Å². The van der Waals surface area contributed by atoms with Crippen LogP contribution in [0.4, 0.5) is 11.4 Å². The molecule has 0 saturated heterocycles. The highest BCUT2D eigenvalue weighted by Gasteiger charge is 2.48. The van der Waals surface area contributed by atoms with Crippen LogP contribution < -0.4 is 15.7 Å². The lowest BCUT2D eigenvalue weighted by Gasteiger charge is -2.43. The van der Waals surface area contributed by atoms with E-state index in [1.54, 1.807) is 0 Å². The fraction of sp³-hybridized carbons (Fsp3) is 0.226. The number of furan rings is 1. The van der Waals surface area contributed by atoms with Crippen molar-refractivity contribution in [2.24, 2.45) is 0 Å². The van der Waals surface area contributed by atoms with Crippen molar-refractivity contribution >= 4 is 72.9 Å². The molecule has 8 aromatic carbocycles. The van der Waals surface area contributed by atoms with Gasteiger partial charge in [-0.25, -0.2) is 0 Å². The summed E-state index contributed by atoms with van der Waals surface area (Å²) in [6.07, 6.45) is 0. The third kappa shape index (κ3) is 4.75. The first-order valence-corrected chi connectivity index (χ1v) is 24.0. The molecule has 0 radical (unpaired) electrons. The fourth-order valence-corrected chi connectivity index (χ4v) is 12.9. The van der Waals surface area contributed by atoms with Gasteiger partial charge in [0.25, 0.3) is 0 Å². The molecule has 0 amide bonds. The van der Waals surface area contributed by atoms with Gasteiger partial charge in [0.05, 0.1) is 11.0 Å². The molecule has 4 heteroatoms. The maximum Gasteiger partial charge on any atom is 0.333 e. The van der Waals surface area contributed by atoms with Crippen molar-refractivity contribution in [2.45, 2.75) is 90.9 Å². The molecule has 66 heavy (non-hydrogen) atoms. The van der Waals surface area contributed by atoms with Gasteiger partial charge in [-0.2, -0.15) is 0 Å². The Morgan fingerprint density at radius 3 is 1.86 bits per heavy atom. The minimum atomic E-state index is -0.169. The van der Waals surface area contributed by atoms with Gasteiger partial charge in [0, 0.05) is 55.0 Å². The molecular formula is C62H53BN2O. The Morgan fingerprint density at radius 1 is 0.455 bits per heavy atom. The first kappa shape index (κ1) is 38.5. The molecule has 2 aliphatic carbocycles. The molecular weight excluding hydrogens is 800 g/mol. The smallest absolute Gasteiger partial charge is 0.333 e. The van der Waals surface area contributed by atoms with E-state index in [9.17, 15) is 0 Å². The molecule has 10 aromatic rings. The SMILES string of the molecule is CC(C)(C)c1ccc(N2B3c4cc5c(cc4-n4c6cc7c(cc6c6ccc(c3c64)-c3cc4c(cc32)-c2ccc(C(C)(C)C)cc2C4(C)C)oc2ccccc27)-c2ccccc2C5(C)C)cc1. The van der Waals surface area contributed by atoms with Crippen LogP contribution in [0, 0.1) is 0 Å². The van der Waals surface area contributed by atoms with Crippen LogP contribution in [0.1, 0.15) is 103 Å². The highest BCUT2D eigenvalue weighted by molar-refractivity contribution is 6.93. The van der Waals surface area contributed by atoms with E-state index in [1.165, 1.54) is 117 Å². The van der Waals surface area contributed by atoms with Crippen LogP contribution >= 0.6 is 0 Å². The summed E-state index contributed by atoms with van der Waals surface area (Å²) in [7, 11) is 0. The van der Waals surface area contributed by atoms with Gasteiger partial charge in [0.1, 0.15) is 11.2 Å². The van der Waals surface area contributed by atoms with E-state index >= 15 is 0 Å². The second-order valence-corrected chi connectivity index (χ2v) is 23.0. The van der Waals surface area contributed by atoms with Crippen molar-refractivity contribution < 1.29 is 4.42 Å². The van der Waals surface area contributed by atoms with E-state index in [2.05, 4.69) is 218 Å². The van der Waals surface area contributed by atoms with E-state index < -0.39 is 0 Å². The monoisotopic (exact) mass is 852 g/mol. The van der Waals surface area contributed by atoms with Crippen molar-refractivity contribution in [3.8, 4) is 39.1 Å². The molecule has 320 valence electrons. The molecule has 0 atom stereocenters. The molecule has 0 N–H and O–H groups in total. The first-order chi connectivity index (χ1) is 31.5. The average molecular weight is 853 g/mol. The number of rotatable bonds is 1. The minimum absolute atomic E-state index is 0.0309. The summed E-state index contributed by atoms with van der Waals surface area (Å²) in [5.74, 6) is 0. The molecule has 2 aliphatic heterocycles. The van der Waals surface area contributed by atoms with Crippen LogP contribution in [-0.4, -0.2) is 11.4 Å². The summed E-state index contributed by atoms with van der Waals surface area (Å²) in [5.41, 5.74) is 26.9. The van der Waals surface area contributed by atoms with E-state index in [1.807, 2.05) is 0 Å². The van der Waals surface area contributed by atoms with Crippen LogP contribution in [-0.2, 0) is 21.7 Å². The van der Waals surface area contributed by atoms with Gasteiger partial charge in [-0.1, -0.05) is 160 Å². The molecule has 4 aliphatic rings. The van der Waals surface area contributed by atoms with Gasteiger partial charge in [0.15, 0.2) is 0 Å². The fourth-order valence-electron chi connectivity index (χ4n) is 12.9. The predicted octanol–water partition coefficient (Wildman–Crippen LogP) is 15.1. The standard InChI is InChI=1S/C62H53BN2O/c1-59(2,3)34-19-22-36(23-20-34)65-53-29-42-38-24-21-35(60(4,5)6)27-48(38)62(9,10)49(42)28-44(53)40-25-26-41-45-32-56-46(39-16-12-14-18-55(39)66-56)31-52(45)64-54-30-43-37-15-11-13-17-47(37)61(7,8)50(43)33-51(54)63(65)57(40)58(41)64/h11-33H,1-10H3. The maximum absolute atomic E-state index is 6.62. The topological polar surface area (TPSA) is 21.3 Å². The lowest BCUT2D eigenvalue weighted by atomic mass is 9.43. The summed E-state index contributed by atoms with van der Waals surface area (Å²) in [4.78, 5) is 2.72. The number of para-hydroxylation sites is 1. The van der Waals surface area contributed by atoms with Crippen molar-refractivity contribution in [3.05, 3.63) is 173 Å². The Bertz CT molecular complexity index is 3840. The lowest BCUT2D eigenvalue weighted by Crippen LogP contribution is -2.60. The molecule has 4 heterocycles. The lowest BCUT2D eigenvalue weighted by molar-refractivity contribution is 0.584. The molecule has 14 rings (SSSR count). The molecule has 0 unspecified atom stereocenters. The zero-order chi connectivity index (χ0) is 45.1. The Balaban J connectivity index is 1.13. The highest BCUT2D eigenvalue weighted by atomic mass is 16.3. The molecule has 3 nitrogen and oxygen atoms in total. The van der Waals surface area contributed by atoms with Crippen LogP contribution in [0.2, 0.25) is 0 Å². The van der Waals surface area contributed by atoms with Crippen molar-refractivity contribution in [3.63, 3.8) is 0 Å². The molecule has 2 aromatic heterocycles. The number of hydrogen-bond acceptors (Lipinski definition) is 2. The number of hydrogen-bond donors (Lipinski definition) is 0. The molecule has 0 bridgehead atoms. The van der Waals surface area contributed by atoms with Gasteiger partial charge < -0.3 is 13.8 Å². The summed E-state index contributed by atoms with van der Waals surface area (Å²) >= 11 is 0. The van der Waals surface area contributed by atoms with E-state index in [0.717, 1.165) is 21.9 Å². The van der Waals surface area contributed by atoms with Crippen LogP contribution in [0.25, 0.3) is 82.8 Å². The first-order valence-electron chi connectivity index (χ1n) is 24.0. The summed E-state index contributed by atoms with van der Waals surface area (Å²) in [5, 5.41) is 4.79. The third-order valence-electron chi connectivity index (χ3n) is 16.5. The van der Waals surface area contributed by atoms with Gasteiger partial charge >= 0.3 is 6.85 Å². The van der Waals surface area contributed by atoms with Crippen LogP contribution in [0.15, 0.2) is 144 Å². The van der Waals surface area contributed by atoms with Gasteiger partial charge in [-0.15, -0.1) is 0 Å². The van der Waals surface area contributed by atoms with Gasteiger partial charge in [-0.3, -0.25) is 0 Å². The third-order valence-corrected chi connectivity index (χ3v) is 16.5. The number of fused-ring (bicyclic) bond motifs is 17. The van der Waals surface area contributed by atoms with E-state index in [4.69, 9.17) is 4.42 Å². The van der Waals surface area contributed by atoms with Crippen LogP contribution in [0.5, 0.6) is 0 Å². The summed E-state index contributed by atoms with van der Waals surface area (Å²) in [6.45, 7) is 23.6. The zero-order valence-corrected chi connectivity index (χ0v) is 39.7. The molecule has 0 fully saturated rings. The second-order valence-electron chi connectivity index (χ2n) is 23.0. The Morgan fingerprint density at radius 2 is 1.09 bits per heavy atom.